The molecule has 5 nitrogen and oxygen atoms in total. The molecule has 1 N–H and O–H groups in total. The second kappa shape index (κ2) is 6.74. The van der Waals surface area contributed by atoms with Gasteiger partial charge in [-0.15, -0.1) is 0 Å². The summed E-state index contributed by atoms with van der Waals surface area (Å²) in [6.07, 6.45) is -1.35. The Morgan fingerprint density at radius 1 is 1.24 bits per heavy atom. The molecule has 136 valence electrons. The van der Waals surface area contributed by atoms with Gasteiger partial charge in [0.15, 0.2) is 5.15 Å². The number of rotatable bonds is 6. The second-order valence-electron chi connectivity index (χ2n) is 5.65. The SMILES string of the molecule is FCC(CF)n1ncc(Nc2ncc(C(F)(F)F)c(C3CC3)n2)c1Cl. The average Bonchev–Trinajstić information content (AvgIpc) is 3.35. The fraction of sp³-hybridized carbons (Fsp3) is 0.500. The minimum absolute atomic E-state index is 0.0705. The first kappa shape index (κ1) is 17.8. The molecule has 1 saturated carbocycles. The molecule has 11 heteroatoms. The Morgan fingerprint density at radius 3 is 2.48 bits per heavy atom. The Morgan fingerprint density at radius 2 is 1.92 bits per heavy atom. The Kier molecular flexibility index (Phi) is 4.81. The van der Waals surface area contributed by atoms with E-state index in [0.29, 0.717) is 19.0 Å². The van der Waals surface area contributed by atoms with Crippen LogP contribution in [0.25, 0.3) is 0 Å². The van der Waals surface area contributed by atoms with Crippen molar-refractivity contribution in [1.82, 2.24) is 19.7 Å². The van der Waals surface area contributed by atoms with Crippen molar-refractivity contribution in [2.45, 2.75) is 31.0 Å². The molecule has 0 atom stereocenters. The van der Waals surface area contributed by atoms with Crippen LogP contribution in [0, 0.1) is 0 Å². The van der Waals surface area contributed by atoms with Gasteiger partial charge in [0, 0.05) is 12.1 Å². The van der Waals surface area contributed by atoms with Gasteiger partial charge in [-0.1, -0.05) is 11.6 Å². The molecule has 0 aliphatic heterocycles. The quantitative estimate of drug-likeness (QED) is 0.751. The molecule has 0 amide bonds. The van der Waals surface area contributed by atoms with Crippen molar-refractivity contribution in [3.63, 3.8) is 0 Å². The molecule has 0 radical (unpaired) electrons. The van der Waals surface area contributed by atoms with E-state index in [1.165, 1.54) is 6.20 Å². The van der Waals surface area contributed by atoms with Gasteiger partial charge in [0.1, 0.15) is 19.4 Å². The van der Waals surface area contributed by atoms with Crippen LogP contribution in [0.15, 0.2) is 12.4 Å². The molecule has 0 saturated heterocycles. The normalized spacial score (nSPS) is 15.0. The fourth-order valence-electron chi connectivity index (χ4n) is 2.32. The van der Waals surface area contributed by atoms with E-state index in [9.17, 15) is 22.0 Å². The third-order valence-corrected chi connectivity index (χ3v) is 4.15. The smallest absolute Gasteiger partial charge is 0.320 e. The summed E-state index contributed by atoms with van der Waals surface area (Å²) in [5.74, 6) is -0.339. The molecule has 2 aromatic rings. The Hall–Kier alpha value is -1.97. The highest BCUT2D eigenvalue weighted by atomic mass is 35.5. The van der Waals surface area contributed by atoms with E-state index >= 15 is 0 Å². The van der Waals surface area contributed by atoms with Crippen LogP contribution in [-0.4, -0.2) is 33.1 Å². The molecule has 1 fully saturated rings. The number of nitrogens with zero attached hydrogens (tertiary/aromatic N) is 4. The molecule has 0 unspecified atom stereocenters. The number of hydrogen-bond donors (Lipinski definition) is 1. The van der Waals surface area contributed by atoms with Crippen molar-refractivity contribution in [3.8, 4) is 0 Å². The first-order valence-corrected chi connectivity index (χ1v) is 7.79. The second-order valence-corrected chi connectivity index (χ2v) is 6.00. The van der Waals surface area contributed by atoms with Crippen LogP contribution < -0.4 is 5.32 Å². The highest BCUT2D eigenvalue weighted by Crippen LogP contribution is 2.45. The fourth-order valence-corrected chi connectivity index (χ4v) is 2.60. The zero-order chi connectivity index (χ0) is 18.2. The lowest BCUT2D eigenvalue weighted by molar-refractivity contribution is -0.138. The van der Waals surface area contributed by atoms with E-state index in [1.807, 2.05) is 0 Å². The monoisotopic (exact) mass is 381 g/mol. The number of aromatic nitrogens is 4. The number of alkyl halides is 5. The molecule has 3 rings (SSSR count). The maximum atomic E-state index is 13.0. The lowest BCUT2D eigenvalue weighted by atomic mass is 10.1. The number of anilines is 2. The van der Waals surface area contributed by atoms with Crippen LogP contribution in [0.1, 0.15) is 36.1 Å². The summed E-state index contributed by atoms with van der Waals surface area (Å²) in [6, 6.07) is -1.17. The average molecular weight is 382 g/mol. The molecule has 2 heterocycles. The van der Waals surface area contributed by atoms with Crippen LogP contribution in [0.5, 0.6) is 0 Å². The highest BCUT2D eigenvalue weighted by molar-refractivity contribution is 6.32. The predicted molar refractivity (Wildman–Crippen MR) is 80.5 cm³/mol. The van der Waals surface area contributed by atoms with Crippen LogP contribution in [0.2, 0.25) is 5.15 Å². The maximum absolute atomic E-state index is 13.0. The third kappa shape index (κ3) is 3.68. The Bertz CT molecular complexity index is 755. The summed E-state index contributed by atoms with van der Waals surface area (Å²) >= 11 is 6.01. The minimum Gasteiger partial charge on any atom is -0.320 e. The van der Waals surface area contributed by atoms with E-state index in [2.05, 4.69) is 20.4 Å². The first-order valence-electron chi connectivity index (χ1n) is 7.41. The van der Waals surface area contributed by atoms with E-state index in [-0.39, 0.29) is 28.4 Å². The van der Waals surface area contributed by atoms with Gasteiger partial charge >= 0.3 is 6.18 Å². The summed E-state index contributed by atoms with van der Waals surface area (Å²) in [6.45, 7) is -2.00. The van der Waals surface area contributed by atoms with Gasteiger partial charge < -0.3 is 5.32 Å². The zero-order valence-corrected chi connectivity index (χ0v) is 13.5. The molecule has 1 aliphatic rings. The van der Waals surface area contributed by atoms with Gasteiger partial charge in [-0.05, 0) is 12.8 Å². The number of halogens is 6. The Labute approximate surface area is 144 Å². The summed E-state index contributed by atoms with van der Waals surface area (Å²) in [4.78, 5) is 7.61. The van der Waals surface area contributed by atoms with E-state index in [4.69, 9.17) is 11.6 Å². The van der Waals surface area contributed by atoms with Crippen molar-refractivity contribution in [2.75, 3.05) is 18.7 Å². The molecule has 0 aromatic carbocycles. The maximum Gasteiger partial charge on any atom is 0.419 e. The molecule has 25 heavy (non-hydrogen) atoms. The molecule has 1 aliphatic carbocycles. The Balaban J connectivity index is 1.88. The lowest BCUT2D eigenvalue weighted by Gasteiger charge is -2.13. The van der Waals surface area contributed by atoms with Crippen LogP contribution in [-0.2, 0) is 6.18 Å². The van der Waals surface area contributed by atoms with Crippen molar-refractivity contribution in [1.29, 1.82) is 0 Å². The van der Waals surface area contributed by atoms with E-state index < -0.39 is 31.1 Å². The first-order chi connectivity index (χ1) is 11.8. The zero-order valence-electron chi connectivity index (χ0n) is 12.7. The summed E-state index contributed by atoms with van der Waals surface area (Å²) < 4.78 is 65.5. The van der Waals surface area contributed by atoms with Crippen molar-refractivity contribution in [3.05, 3.63) is 28.8 Å². The van der Waals surface area contributed by atoms with Crippen LogP contribution in [0.3, 0.4) is 0 Å². The van der Waals surface area contributed by atoms with E-state index in [0.717, 1.165) is 4.68 Å². The predicted octanol–water partition coefficient (Wildman–Crippen LogP) is 4.45. The van der Waals surface area contributed by atoms with Gasteiger partial charge in [0.25, 0.3) is 0 Å². The highest BCUT2D eigenvalue weighted by Gasteiger charge is 2.40. The minimum atomic E-state index is -4.53. The van der Waals surface area contributed by atoms with Gasteiger partial charge in [0.2, 0.25) is 5.95 Å². The van der Waals surface area contributed by atoms with Gasteiger partial charge in [-0.3, -0.25) is 0 Å². The lowest BCUT2D eigenvalue weighted by Crippen LogP contribution is -2.15. The molecule has 0 bridgehead atoms. The largest absolute Gasteiger partial charge is 0.419 e. The molecule has 0 spiro atoms. The molecule has 2 aromatic heterocycles. The van der Waals surface area contributed by atoms with E-state index in [1.54, 1.807) is 0 Å². The third-order valence-electron chi connectivity index (χ3n) is 3.77. The van der Waals surface area contributed by atoms with Gasteiger partial charge in [-0.25, -0.2) is 23.4 Å². The number of hydrogen-bond acceptors (Lipinski definition) is 4. The molecular weight excluding hydrogens is 369 g/mol. The molecular formula is C14H13ClF5N5. The van der Waals surface area contributed by atoms with Crippen molar-refractivity contribution >= 4 is 23.2 Å². The topological polar surface area (TPSA) is 55.6 Å². The van der Waals surface area contributed by atoms with Gasteiger partial charge in [-0.2, -0.15) is 18.3 Å². The van der Waals surface area contributed by atoms with Crippen molar-refractivity contribution < 1.29 is 22.0 Å². The van der Waals surface area contributed by atoms with Crippen LogP contribution in [0.4, 0.5) is 33.6 Å². The standard InChI is InChI=1S/C14H13ClF5N5/c15-12-10(6-22-25(12)8(3-16)4-17)23-13-21-5-9(14(18,19)20)11(24-13)7-1-2-7/h5-8H,1-4H2,(H,21,23,24). The van der Waals surface area contributed by atoms with Crippen molar-refractivity contribution in [2.24, 2.45) is 0 Å². The summed E-state index contributed by atoms with van der Waals surface area (Å²) in [5, 5.41) is 6.35. The summed E-state index contributed by atoms with van der Waals surface area (Å²) in [5.41, 5.74) is -0.786. The summed E-state index contributed by atoms with van der Waals surface area (Å²) in [7, 11) is 0. The van der Waals surface area contributed by atoms with Gasteiger partial charge in [0.05, 0.1) is 23.1 Å². The van der Waals surface area contributed by atoms with Crippen LogP contribution >= 0.6 is 11.6 Å². The number of nitrogens with one attached hydrogen (secondary N) is 1.